The molecule has 8 nitrogen and oxygen atoms in total. The molecule has 1 aliphatic rings. The number of amidine groups is 1. The van der Waals surface area contributed by atoms with Gasteiger partial charge in [-0.05, 0) is 18.6 Å². The normalized spacial score (nSPS) is 17.5. The molecule has 1 amide bonds. The zero-order valence-electron chi connectivity index (χ0n) is 14.1. The molecule has 2 rings (SSSR count). The van der Waals surface area contributed by atoms with Crippen molar-refractivity contribution in [3.63, 3.8) is 0 Å². The highest BCUT2D eigenvalue weighted by atomic mass is 19.3. The number of aliphatic imine (C=N–C) groups is 1. The summed E-state index contributed by atoms with van der Waals surface area (Å²) in [7, 11) is 0. The summed E-state index contributed by atoms with van der Waals surface area (Å²) in [5, 5.41) is 11.7. The van der Waals surface area contributed by atoms with Gasteiger partial charge >= 0.3 is 0 Å². The molecule has 0 saturated heterocycles. The first-order valence-electron chi connectivity index (χ1n) is 7.88. The fourth-order valence-corrected chi connectivity index (χ4v) is 2.17. The molecule has 1 aliphatic carbocycles. The van der Waals surface area contributed by atoms with Crippen LogP contribution in [0.2, 0.25) is 0 Å². The molecule has 0 bridgehead atoms. The first-order chi connectivity index (χ1) is 12.8. The summed E-state index contributed by atoms with van der Waals surface area (Å²) in [4.78, 5) is 23.3. The Morgan fingerprint density at radius 2 is 2.19 bits per heavy atom. The van der Waals surface area contributed by atoms with Crippen LogP contribution in [-0.4, -0.2) is 53.0 Å². The van der Waals surface area contributed by atoms with Gasteiger partial charge in [0.2, 0.25) is 5.88 Å². The molecule has 1 atom stereocenters. The fourth-order valence-electron chi connectivity index (χ4n) is 2.17. The highest BCUT2D eigenvalue weighted by molar-refractivity contribution is 5.93. The Kier molecular flexibility index (Phi) is 7.29. The second-order valence-electron chi connectivity index (χ2n) is 5.60. The van der Waals surface area contributed by atoms with Crippen LogP contribution in [0.25, 0.3) is 0 Å². The highest BCUT2D eigenvalue weighted by Crippen LogP contribution is 2.25. The number of carbonyl (C=O) groups is 1. The Labute approximate surface area is 152 Å². The number of aromatic nitrogens is 2. The van der Waals surface area contributed by atoms with E-state index < -0.39 is 30.7 Å². The van der Waals surface area contributed by atoms with E-state index >= 15 is 0 Å². The number of carbonyl (C=O) groups excluding carboxylic acids is 1. The van der Waals surface area contributed by atoms with Crippen LogP contribution < -0.4 is 11.1 Å². The van der Waals surface area contributed by atoms with E-state index in [0.29, 0.717) is 5.70 Å². The lowest BCUT2D eigenvalue weighted by Gasteiger charge is -2.19. The Bertz CT molecular complexity index is 750. The number of hydrogen-bond acceptors (Lipinski definition) is 6. The third kappa shape index (κ3) is 6.70. The SMILES string of the molecule is N/C(COCC(F)F)=N/CC1CC(NC(=O)c2cnc(O)cn2)=CC=C1F. The van der Waals surface area contributed by atoms with Crippen LogP contribution in [0, 0.1) is 5.92 Å². The monoisotopic (exact) mass is 385 g/mol. The fraction of sp³-hybridized carbons (Fsp3) is 0.375. The van der Waals surface area contributed by atoms with Gasteiger partial charge in [0.15, 0.2) is 0 Å². The Morgan fingerprint density at radius 3 is 2.85 bits per heavy atom. The molecule has 0 saturated carbocycles. The number of nitrogens with one attached hydrogen (secondary N) is 1. The van der Waals surface area contributed by atoms with Gasteiger partial charge in [-0.1, -0.05) is 0 Å². The van der Waals surface area contributed by atoms with E-state index in [9.17, 15) is 18.0 Å². The highest BCUT2D eigenvalue weighted by Gasteiger charge is 2.21. The van der Waals surface area contributed by atoms with Crippen LogP contribution in [0.4, 0.5) is 13.2 Å². The molecule has 0 radical (unpaired) electrons. The summed E-state index contributed by atoms with van der Waals surface area (Å²) in [6, 6.07) is 0. The standard InChI is InChI=1S/C16H18F3N5O3/c17-11-2-1-10(24-16(26)12-5-23-15(25)6-21-12)3-9(11)4-22-14(20)8-27-7-13(18)19/h1-2,5-6,9,13H,3-4,7-8H2,(H2,20,22)(H,23,25)(H,24,26). The van der Waals surface area contributed by atoms with Gasteiger partial charge in [-0.25, -0.2) is 23.1 Å². The molecule has 27 heavy (non-hydrogen) atoms. The summed E-state index contributed by atoms with van der Waals surface area (Å²) in [5.74, 6) is -2.01. The van der Waals surface area contributed by atoms with Gasteiger partial charge in [-0.15, -0.1) is 0 Å². The number of halogens is 3. The van der Waals surface area contributed by atoms with E-state index in [1.807, 2.05) is 0 Å². The second kappa shape index (κ2) is 9.67. The predicted molar refractivity (Wildman–Crippen MR) is 89.9 cm³/mol. The van der Waals surface area contributed by atoms with E-state index in [2.05, 4.69) is 25.0 Å². The van der Waals surface area contributed by atoms with Crippen LogP contribution in [0.1, 0.15) is 16.9 Å². The van der Waals surface area contributed by atoms with Crippen molar-refractivity contribution in [3.05, 3.63) is 41.8 Å². The van der Waals surface area contributed by atoms with Gasteiger partial charge in [0, 0.05) is 11.6 Å². The number of amides is 1. The van der Waals surface area contributed by atoms with Gasteiger partial charge in [0.05, 0.1) is 18.9 Å². The molecule has 0 aromatic carbocycles. The molecule has 146 valence electrons. The molecular formula is C16H18F3N5O3. The number of allylic oxidation sites excluding steroid dienone is 3. The van der Waals surface area contributed by atoms with Crippen molar-refractivity contribution in [1.29, 1.82) is 0 Å². The summed E-state index contributed by atoms with van der Waals surface area (Å²) in [6.45, 7) is -1.06. The number of ether oxygens (including phenoxy) is 1. The minimum Gasteiger partial charge on any atom is -0.492 e. The molecule has 1 unspecified atom stereocenters. The maximum Gasteiger partial charge on any atom is 0.275 e. The maximum atomic E-state index is 13.9. The molecule has 0 spiro atoms. The number of nitrogens with zero attached hydrogens (tertiary/aromatic N) is 3. The van der Waals surface area contributed by atoms with Crippen LogP contribution >= 0.6 is 0 Å². The third-order valence-electron chi connectivity index (χ3n) is 3.45. The molecule has 1 aromatic rings. The van der Waals surface area contributed by atoms with Crippen LogP contribution in [-0.2, 0) is 4.74 Å². The topological polar surface area (TPSA) is 123 Å². The smallest absolute Gasteiger partial charge is 0.275 e. The minimum atomic E-state index is -2.61. The molecular weight excluding hydrogens is 367 g/mol. The van der Waals surface area contributed by atoms with Crippen LogP contribution in [0.15, 0.2) is 41.1 Å². The first-order valence-corrected chi connectivity index (χ1v) is 7.88. The van der Waals surface area contributed by atoms with Gasteiger partial charge in [-0.3, -0.25) is 9.79 Å². The number of rotatable bonds is 8. The summed E-state index contributed by atoms with van der Waals surface area (Å²) < 4.78 is 42.5. The van der Waals surface area contributed by atoms with Crippen LogP contribution in [0.5, 0.6) is 5.88 Å². The van der Waals surface area contributed by atoms with Crippen molar-refractivity contribution in [2.24, 2.45) is 16.6 Å². The Balaban J connectivity index is 1.89. The average Bonchev–Trinajstić information content (AvgIpc) is 2.62. The molecule has 1 aromatic heterocycles. The van der Waals surface area contributed by atoms with Crippen LogP contribution in [0.3, 0.4) is 0 Å². The largest absolute Gasteiger partial charge is 0.492 e. The van der Waals surface area contributed by atoms with Gasteiger partial charge < -0.3 is 20.9 Å². The van der Waals surface area contributed by atoms with Crippen molar-refractivity contribution in [3.8, 4) is 5.88 Å². The van der Waals surface area contributed by atoms with Crippen molar-refractivity contribution in [1.82, 2.24) is 15.3 Å². The van der Waals surface area contributed by atoms with E-state index in [1.165, 1.54) is 12.2 Å². The molecule has 4 N–H and O–H groups in total. The molecule has 0 fully saturated rings. The second-order valence-corrected chi connectivity index (χ2v) is 5.60. The Hall–Kier alpha value is -2.95. The van der Waals surface area contributed by atoms with Crippen molar-refractivity contribution in [2.45, 2.75) is 12.8 Å². The number of nitrogens with two attached hydrogens (primary N) is 1. The lowest BCUT2D eigenvalue weighted by molar-refractivity contribution is 0.0321. The number of hydrogen-bond donors (Lipinski definition) is 3. The van der Waals surface area contributed by atoms with Gasteiger partial charge in [0.25, 0.3) is 12.3 Å². The quantitative estimate of drug-likeness (QED) is 0.458. The number of alkyl halides is 2. The van der Waals surface area contributed by atoms with E-state index in [0.717, 1.165) is 12.4 Å². The van der Waals surface area contributed by atoms with E-state index in [4.69, 9.17) is 10.8 Å². The molecule has 1 heterocycles. The van der Waals surface area contributed by atoms with Crippen molar-refractivity contribution in [2.75, 3.05) is 19.8 Å². The van der Waals surface area contributed by atoms with E-state index in [1.54, 1.807) is 0 Å². The summed E-state index contributed by atoms with van der Waals surface area (Å²) >= 11 is 0. The van der Waals surface area contributed by atoms with Crippen molar-refractivity contribution >= 4 is 11.7 Å². The summed E-state index contributed by atoms with van der Waals surface area (Å²) in [6.07, 6.45) is 2.29. The molecule has 0 aliphatic heterocycles. The molecule has 11 heteroatoms. The Morgan fingerprint density at radius 1 is 1.41 bits per heavy atom. The summed E-state index contributed by atoms with van der Waals surface area (Å²) in [5.41, 5.74) is 5.96. The van der Waals surface area contributed by atoms with Gasteiger partial charge in [-0.2, -0.15) is 0 Å². The number of aromatic hydroxyl groups is 1. The minimum absolute atomic E-state index is 0.0151. The third-order valence-corrected chi connectivity index (χ3v) is 3.45. The zero-order valence-corrected chi connectivity index (χ0v) is 14.1. The predicted octanol–water partition coefficient (Wildman–Crippen LogP) is 1.31. The lowest BCUT2D eigenvalue weighted by atomic mass is 9.97. The van der Waals surface area contributed by atoms with Crippen molar-refractivity contribution < 1.29 is 27.8 Å². The zero-order chi connectivity index (χ0) is 19.8. The average molecular weight is 385 g/mol. The first kappa shape index (κ1) is 20.4. The lowest BCUT2D eigenvalue weighted by Crippen LogP contribution is -2.28. The van der Waals surface area contributed by atoms with E-state index in [-0.39, 0.29) is 37.0 Å². The van der Waals surface area contributed by atoms with Gasteiger partial charge in [0.1, 0.15) is 30.6 Å². The maximum absolute atomic E-state index is 13.9.